The second-order valence-electron chi connectivity index (χ2n) is 5.07. The van der Waals surface area contributed by atoms with E-state index < -0.39 is 0 Å². The van der Waals surface area contributed by atoms with Crippen LogP contribution in [0, 0.1) is 5.92 Å². The van der Waals surface area contributed by atoms with Crippen molar-refractivity contribution in [3.05, 3.63) is 82.0 Å². The van der Waals surface area contributed by atoms with Gasteiger partial charge in [-0.2, -0.15) is 0 Å². The first-order chi connectivity index (χ1) is 8.34. The number of allylic oxidation sites excluding steroid dienone is 14. The van der Waals surface area contributed by atoms with Gasteiger partial charge in [0.25, 0.3) is 0 Å². The molecular formula is C17H14. The largest absolute Gasteiger partial charge is 0.0795 e. The summed E-state index contributed by atoms with van der Waals surface area (Å²) in [5.41, 5.74) is 8.85. The minimum Gasteiger partial charge on any atom is -0.0795 e. The molecule has 0 amide bonds. The van der Waals surface area contributed by atoms with Gasteiger partial charge in [0.2, 0.25) is 0 Å². The molecule has 4 rings (SSSR count). The molecule has 0 heteroatoms. The van der Waals surface area contributed by atoms with Gasteiger partial charge in [0.05, 0.1) is 0 Å². The minimum atomic E-state index is 0.503. The summed E-state index contributed by atoms with van der Waals surface area (Å²) in [4.78, 5) is 0. The van der Waals surface area contributed by atoms with E-state index in [2.05, 4.69) is 55.5 Å². The Morgan fingerprint density at radius 1 is 1.06 bits per heavy atom. The molecule has 82 valence electrons. The molecule has 0 N–H and O–H groups in total. The molecule has 0 saturated carbocycles. The molecular weight excluding hydrogens is 204 g/mol. The fraction of sp³-hybridized carbons (Fsp3) is 0.176. The average Bonchev–Trinajstić information content (AvgIpc) is 2.37. The lowest BCUT2D eigenvalue weighted by molar-refractivity contribution is 0.825. The van der Waals surface area contributed by atoms with Crippen molar-refractivity contribution >= 4 is 0 Å². The fourth-order valence-electron chi connectivity index (χ4n) is 3.33. The van der Waals surface area contributed by atoms with Gasteiger partial charge in [-0.15, -0.1) is 0 Å². The van der Waals surface area contributed by atoms with Gasteiger partial charge in [-0.25, -0.2) is 0 Å². The minimum absolute atomic E-state index is 0.503. The summed E-state index contributed by atoms with van der Waals surface area (Å²) in [6.07, 6.45) is 19.2. The Morgan fingerprint density at radius 3 is 2.94 bits per heavy atom. The van der Waals surface area contributed by atoms with Crippen molar-refractivity contribution in [2.75, 3.05) is 0 Å². The van der Waals surface area contributed by atoms with E-state index >= 15 is 0 Å². The van der Waals surface area contributed by atoms with Crippen LogP contribution in [0.15, 0.2) is 82.0 Å². The molecule has 0 fully saturated rings. The predicted octanol–water partition coefficient (Wildman–Crippen LogP) is 4.18. The Balaban J connectivity index is 2.05. The maximum Gasteiger partial charge on any atom is 0.0348 e. The highest BCUT2D eigenvalue weighted by Gasteiger charge is 2.33. The van der Waals surface area contributed by atoms with Crippen LogP contribution in [0.2, 0.25) is 0 Å². The third kappa shape index (κ3) is 1.13. The molecule has 0 saturated heterocycles. The molecule has 1 atom stereocenters. The highest BCUT2D eigenvalue weighted by Crippen LogP contribution is 2.48. The van der Waals surface area contributed by atoms with E-state index in [1.165, 1.54) is 22.3 Å². The van der Waals surface area contributed by atoms with E-state index in [0.717, 1.165) is 6.42 Å². The molecule has 1 unspecified atom stereocenters. The summed E-state index contributed by atoms with van der Waals surface area (Å²) in [6.45, 7) is 2.24. The van der Waals surface area contributed by atoms with Crippen molar-refractivity contribution < 1.29 is 0 Å². The predicted molar refractivity (Wildman–Crippen MR) is 71.4 cm³/mol. The molecule has 17 heavy (non-hydrogen) atoms. The summed E-state index contributed by atoms with van der Waals surface area (Å²) in [5, 5.41) is 0. The zero-order valence-corrected chi connectivity index (χ0v) is 9.90. The lowest BCUT2D eigenvalue weighted by Gasteiger charge is -2.36. The van der Waals surface area contributed by atoms with E-state index in [0.29, 0.717) is 5.92 Å². The van der Waals surface area contributed by atoms with E-state index in [-0.39, 0.29) is 0 Å². The van der Waals surface area contributed by atoms with Crippen LogP contribution in [0.4, 0.5) is 0 Å². The van der Waals surface area contributed by atoms with Crippen molar-refractivity contribution in [3.8, 4) is 0 Å². The summed E-state index contributed by atoms with van der Waals surface area (Å²) in [5.74, 6) is 0.503. The zero-order chi connectivity index (χ0) is 11.4. The first-order valence-corrected chi connectivity index (χ1v) is 6.23. The highest BCUT2D eigenvalue weighted by atomic mass is 14.4. The molecule has 0 aromatic heterocycles. The second-order valence-corrected chi connectivity index (χ2v) is 5.07. The Kier molecular flexibility index (Phi) is 1.69. The van der Waals surface area contributed by atoms with Crippen molar-refractivity contribution in [1.82, 2.24) is 0 Å². The van der Waals surface area contributed by atoms with Crippen molar-refractivity contribution in [2.45, 2.75) is 13.3 Å². The van der Waals surface area contributed by atoms with Gasteiger partial charge >= 0.3 is 0 Å². The van der Waals surface area contributed by atoms with Crippen molar-refractivity contribution in [1.29, 1.82) is 0 Å². The molecule has 0 aromatic carbocycles. The lowest BCUT2D eigenvalue weighted by Crippen LogP contribution is -2.21. The average molecular weight is 218 g/mol. The van der Waals surface area contributed by atoms with Crippen LogP contribution < -0.4 is 0 Å². The summed E-state index contributed by atoms with van der Waals surface area (Å²) < 4.78 is 0. The third-order valence-corrected chi connectivity index (χ3v) is 4.10. The van der Waals surface area contributed by atoms with Crippen LogP contribution in [0.5, 0.6) is 0 Å². The molecule has 0 radical (unpaired) electrons. The fourth-order valence-corrected chi connectivity index (χ4v) is 3.33. The molecule has 0 nitrogen and oxygen atoms in total. The number of hydrogen-bond donors (Lipinski definition) is 0. The smallest absolute Gasteiger partial charge is 0.0348 e. The first-order valence-electron chi connectivity index (χ1n) is 6.23. The summed E-state index contributed by atoms with van der Waals surface area (Å²) >= 11 is 0. The lowest BCUT2D eigenvalue weighted by atomic mass is 9.67. The molecule has 0 bridgehead atoms. The van der Waals surface area contributed by atoms with Gasteiger partial charge in [0.15, 0.2) is 0 Å². The quantitative estimate of drug-likeness (QED) is 0.572. The van der Waals surface area contributed by atoms with E-state index in [1.54, 1.807) is 11.1 Å². The summed E-state index contributed by atoms with van der Waals surface area (Å²) in [7, 11) is 0. The van der Waals surface area contributed by atoms with Gasteiger partial charge in [0.1, 0.15) is 0 Å². The zero-order valence-electron chi connectivity index (χ0n) is 9.90. The van der Waals surface area contributed by atoms with Crippen molar-refractivity contribution in [2.24, 2.45) is 5.92 Å². The Labute approximate surface area is 102 Å². The second kappa shape index (κ2) is 3.10. The number of rotatable bonds is 0. The summed E-state index contributed by atoms with van der Waals surface area (Å²) in [6, 6.07) is 0. The Morgan fingerprint density at radius 2 is 2.00 bits per heavy atom. The maximum atomic E-state index is 2.36. The van der Waals surface area contributed by atoms with E-state index in [4.69, 9.17) is 0 Å². The molecule has 4 aliphatic rings. The van der Waals surface area contributed by atoms with Crippen molar-refractivity contribution in [3.63, 3.8) is 0 Å². The highest BCUT2D eigenvalue weighted by molar-refractivity contribution is 5.68. The molecule has 4 aliphatic carbocycles. The van der Waals surface area contributed by atoms with Crippen LogP contribution >= 0.6 is 0 Å². The van der Waals surface area contributed by atoms with Gasteiger partial charge in [-0.3, -0.25) is 0 Å². The van der Waals surface area contributed by atoms with Gasteiger partial charge in [0, 0.05) is 5.92 Å². The molecule has 0 spiro atoms. The Bertz CT molecular complexity index is 625. The van der Waals surface area contributed by atoms with Gasteiger partial charge in [-0.1, -0.05) is 48.6 Å². The third-order valence-electron chi connectivity index (χ3n) is 4.10. The van der Waals surface area contributed by atoms with Crippen LogP contribution in [0.3, 0.4) is 0 Å². The van der Waals surface area contributed by atoms with Gasteiger partial charge in [-0.05, 0) is 46.8 Å². The van der Waals surface area contributed by atoms with Crippen LogP contribution in [0.25, 0.3) is 0 Å². The van der Waals surface area contributed by atoms with Crippen LogP contribution in [-0.2, 0) is 0 Å². The topological polar surface area (TPSA) is 0 Å². The van der Waals surface area contributed by atoms with Crippen LogP contribution in [0.1, 0.15) is 13.3 Å². The maximum absolute atomic E-state index is 2.36. The standard InChI is InChI=1S/C17H14/c1-11-10-14-6-2-4-12-8-9-13-5-3-7-15(11)17(13)16(12)14/h2-6,8-10,16H,7H2,1H3. The van der Waals surface area contributed by atoms with Crippen LogP contribution in [-0.4, -0.2) is 0 Å². The van der Waals surface area contributed by atoms with Gasteiger partial charge < -0.3 is 0 Å². The normalized spacial score (nSPS) is 28.2. The molecule has 0 heterocycles. The monoisotopic (exact) mass is 218 g/mol. The first kappa shape index (κ1) is 9.23. The SMILES string of the molecule is CC1=CC2=CC=CC3=CC=C4C=CCC1=C4C32. The molecule has 0 aromatic rings. The van der Waals surface area contributed by atoms with E-state index in [1.807, 2.05) is 0 Å². The number of hydrogen-bond acceptors (Lipinski definition) is 0. The molecule has 0 aliphatic heterocycles. The Hall–Kier alpha value is -1.82. The van der Waals surface area contributed by atoms with E-state index in [9.17, 15) is 0 Å².